The fourth-order valence-corrected chi connectivity index (χ4v) is 1.96. The first kappa shape index (κ1) is 17.3. The third kappa shape index (κ3) is 5.25. The second kappa shape index (κ2) is 7.86. The van der Waals surface area contributed by atoms with Gasteiger partial charge >= 0.3 is 6.18 Å². The lowest BCUT2D eigenvalue weighted by Gasteiger charge is -2.20. The Labute approximate surface area is 121 Å². The van der Waals surface area contributed by atoms with E-state index in [-0.39, 0.29) is 6.04 Å². The van der Waals surface area contributed by atoms with Crippen LogP contribution in [0.2, 0.25) is 0 Å². The predicted octanol–water partition coefficient (Wildman–Crippen LogP) is 2.74. The van der Waals surface area contributed by atoms with Gasteiger partial charge in [0.15, 0.2) is 0 Å². The summed E-state index contributed by atoms with van der Waals surface area (Å²) in [4.78, 5) is 0. The summed E-state index contributed by atoms with van der Waals surface area (Å²) in [6, 6.07) is 4.99. The quantitative estimate of drug-likeness (QED) is 0.812. The summed E-state index contributed by atoms with van der Waals surface area (Å²) in [6.07, 6.45) is -3.13. The van der Waals surface area contributed by atoms with E-state index in [9.17, 15) is 13.2 Å². The van der Waals surface area contributed by atoms with E-state index >= 15 is 0 Å². The third-order valence-electron chi connectivity index (χ3n) is 2.94. The maximum Gasteiger partial charge on any atom is 0.417 e. The molecule has 1 aromatic carbocycles. The Balaban J connectivity index is 2.95. The largest absolute Gasteiger partial charge is 0.417 e. The highest BCUT2D eigenvalue weighted by atomic mass is 19.4. The van der Waals surface area contributed by atoms with Crippen LogP contribution < -0.4 is 11.1 Å². The van der Waals surface area contributed by atoms with E-state index in [1.807, 2.05) is 0 Å². The van der Waals surface area contributed by atoms with Crippen LogP contribution in [0.1, 0.15) is 24.0 Å². The maximum absolute atomic E-state index is 12.9. The lowest BCUT2D eigenvalue weighted by molar-refractivity contribution is -0.137. The van der Waals surface area contributed by atoms with E-state index < -0.39 is 17.3 Å². The normalized spacial score (nSPS) is 12.8. The van der Waals surface area contributed by atoms with Crippen molar-refractivity contribution in [3.63, 3.8) is 0 Å². The van der Waals surface area contributed by atoms with Gasteiger partial charge in [-0.2, -0.15) is 18.4 Å². The Morgan fingerprint density at radius 2 is 2.14 bits per heavy atom. The van der Waals surface area contributed by atoms with Gasteiger partial charge in [0.05, 0.1) is 23.8 Å². The average Bonchev–Trinajstić information content (AvgIpc) is 2.44. The van der Waals surface area contributed by atoms with Gasteiger partial charge in [-0.1, -0.05) is 0 Å². The molecule has 1 rings (SSSR count). The summed E-state index contributed by atoms with van der Waals surface area (Å²) >= 11 is 0. The Morgan fingerprint density at radius 3 is 2.67 bits per heavy atom. The Kier molecular flexibility index (Phi) is 6.46. The number of ether oxygens (including phenoxy) is 1. The lowest BCUT2D eigenvalue weighted by atomic mass is 10.1. The fourth-order valence-electron chi connectivity index (χ4n) is 1.96. The summed E-state index contributed by atoms with van der Waals surface area (Å²) in [5.41, 5.74) is 4.41. The molecule has 1 aromatic rings. The zero-order chi connectivity index (χ0) is 15.9. The molecule has 0 saturated heterocycles. The van der Waals surface area contributed by atoms with Crippen LogP contribution in [0.4, 0.5) is 18.9 Å². The standard InChI is InChI=1S/C14H18F3N3O/c1-21-9-12(3-2-6-18)20-11-5-4-10(8-19)13(7-11)14(15,16)17/h4-5,7,12,20H,2-3,6,9,18H2,1H3. The van der Waals surface area contributed by atoms with Crippen molar-refractivity contribution < 1.29 is 17.9 Å². The van der Waals surface area contributed by atoms with Crippen LogP contribution >= 0.6 is 0 Å². The average molecular weight is 301 g/mol. The van der Waals surface area contributed by atoms with E-state index in [2.05, 4.69) is 5.32 Å². The molecule has 0 fully saturated rings. The summed E-state index contributed by atoms with van der Waals surface area (Å²) in [5.74, 6) is 0. The van der Waals surface area contributed by atoms with E-state index in [0.717, 1.165) is 18.6 Å². The van der Waals surface area contributed by atoms with Gasteiger partial charge in [-0.3, -0.25) is 0 Å². The summed E-state index contributed by atoms with van der Waals surface area (Å²) in [5, 5.41) is 11.7. The number of nitrogens with zero attached hydrogens (tertiary/aromatic N) is 1. The molecule has 116 valence electrons. The number of halogens is 3. The second-order valence-electron chi connectivity index (χ2n) is 4.60. The highest BCUT2D eigenvalue weighted by Gasteiger charge is 2.33. The number of methoxy groups -OCH3 is 1. The minimum Gasteiger partial charge on any atom is -0.383 e. The molecule has 0 bridgehead atoms. The minimum absolute atomic E-state index is 0.132. The molecule has 4 nitrogen and oxygen atoms in total. The van der Waals surface area contributed by atoms with Crippen LogP contribution in [-0.4, -0.2) is 26.3 Å². The molecule has 7 heteroatoms. The zero-order valence-electron chi connectivity index (χ0n) is 11.7. The molecule has 3 N–H and O–H groups in total. The van der Waals surface area contributed by atoms with Crippen LogP contribution in [0, 0.1) is 11.3 Å². The zero-order valence-corrected chi connectivity index (χ0v) is 11.7. The number of nitrogens with two attached hydrogens (primary N) is 1. The molecule has 21 heavy (non-hydrogen) atoms. The summed E-state index contributed by atoms with van der Waals surface area (Å²) in [7, 11) is 1.52. The molecule has 0 aromatic heterocycles. The van der Waals surface area contributed by atoms with Crippen LogP contribution in [-0.2, 0) is 10.9 Å². The minimum atomic E-state index is -4.56. The smallest absolute Gasteiger partial charge is 0.383 e. The Bertz CT molecular complexity index is 497. The summed E-state index contributed by atoms with van der Waals surface area (Å²) < 4.78 is 43.7. The van der Waals surface area contributed by atoms with Crippen molar-refractivity contribution in [1.29, 1.82) is 5.26 Å². The van der Waals surface area contributed by atoms with E-state index in [1.165, 1.54) is 13.2 Å². The number of rotatable bonds is 7. The van der Waals surface area contributed by atoms with Crippen LogP contribution in [0.3, 0.4) is 0 Å². The number of nitrogens with one attached hydrogen (secondary N) is 1. The van der Waals surface area contributed by atoms with Crippen LogP contribution in [0.15, 0.2) is 18.2 Å². The van der Waals surface area contributed by atoms with Gasteiger partial charge in [0, 0.05) is 18.8 Å². The third-order valence-corrected chi connectivity index (χ3v) is 2.94. The van der Waals surface area contributed by atoms with Crippen molar-refractivity contribution >= 4 is 5.69 Å². The van der Waals surface area contributed by atoms with Gasteiger partial charge < -0.3 is 15.8 Å². The van der Waals surface area contributed by atoms with Crippen molar-refractivity contribution in [1.82, 2.24) is 0 Å². The number of hydrogen-bond donors (Lipinski definition) is 2. The second-order valence-corrected chi connectivity index (χ2v) is 4.60. The predicted molar refractivity (Wildman–Crippen MR) is 73.7 cm³/mol. The van der Waals surface area contributed by atoms with Gasteiger partial charge in [-0.25, -0.2) is 0 Å². The van der Waals surface area contributed by atoms with Crippen molar-refractivity contribution in [3.8, 4) is 6.07 Å². The molecular formula is C14H18F3N3O. The first-order valence-corrected chi connectivity index (χ1v) is 6.49. The summed E-state index contributed by atoms with van der Waals surface area (Å²) in [6.45, 7) is 0.865. The van der Waals surface area contributed by atoms with Gasteiger partial charge in [0.1, 0.15) is 0 Å². The number of anilines is 1. The molecule has 0 radical (unpaired) electrons. The van der Waals surface area contributed by atoms with Crippen LogP contribution in [0.25, 0.3) is 0 Å². The van der Waals surface area contributed by atoms with Gasteiger partial charge in [-0.05, 0) is 37.6 Å². The number of benzene rings is 1. The van der Waals surface area contributed by atoms with E-state index in [4.69, 9.17) is 15.7 Å². The topological polar surface area (TPSA) is 71.1 Å². The van der Waals surface area contributed by atoms with Gasteiger partial charge in [0.2, 0.25) is 0 Å². The number of alkyl halides is 3. The molecule has 0 saturated carbocycles. The van der Waals surface area contributed by atoms with Gasteiger partial charge in [-0.15, -0.1) is 0 Å². The lowest BCUT2D eigenvalue weighted by Crippen LogP contribution is -2.26. The molecule has 0 aliphatic heterocycles. The first-order chi connectivity index (χ1) is 9.92. The molecule has 0 spiro atoms. The van der Waals surface area contributed by atoms with Crippen molar-refractivity contribution in [2.75, 3.05) is 25.6 Å². The van der Waals surface area contributed by atoms with Crippen molar-refractivity contribution in [2.24, 2.45) is 5.73 Å². The monoisotopic (exact) mass is 301 g/mol. The highest BCUT2D eigenvalue weighted by Crippen LogP contribution is 2.33. The molecule has 1 atom stereocenters. The number of nitriles is 1. The van der Waals surface area contributed by atoms with E-state index in [1.54, 1.807) is 6.07 Å². The molecule has 0 aliphatic rings. The first-order valence-electron chi connectivity index (χ1n) is 6.49. The Hall–Kier alpha value is -1.78. The van der Waals surface area contributed by atoms with Crippen LogP contribution in [0.5, 0.6) is 0 Å². The van der Waals surface area contributed by atoms with Gasteiger partial charge in [0.25, 0.3) is 0 Å². The molecule has 0 aliphatic carbocycles. The van der Waals surface area contributed by atoms with Crippen molar-refractivity contribution in [3.05, 3.63) is 29.3 Å². The molecule has 0 amide bonds. The van der Waals surface area contributed by atoms with Crippen molar-refractivity contribution in [2.45, 2.75) is 25.1 Å². The molecular weight excluding hydrogens is 283 g/mol. The van der Waals surface area contributed by atoms with E-state index in [0.29, 0.717) is 25.3 Å². The molecule has 0 heterocycles. The fraction of sp³-hybridized carbons (Fsp3) is 0.500. The highest BCUT2D eigenvalue weighted by molar-refractivity contribution is 5.53. The number of hydrogen-bond acceptors (Lipinski definition) is 4. The molecule has 1 unspecified atom stereocenters. The maximum atomic E-state index is 12.9. The SMILES string of the molecule is COCC(CCCN)Nc1ccc(C#N)c(C(F)(F)F)c1. The Morgan fingerprint density at radius 1 is 1.43 bits per heavy atom.